The summed E-state index contributed by atoms with van der Waals surface area (Å²) in [5.41, 5.74) is -0.542. The average Bonchev–Trinajstić information content (AvgIpc) is 3.08. The third-order valence-electron chi connectivity index (χ3n) is 4.86. The Morgan fingerprint density at radius 3 is 2.44 bits per heavy atom. The first-order valence-electron chi connectivity index (χ1n) is 8.06. The van der Waals surface area contributed by atoms with Gasteiger partial charge in [-0.05, 0) is 24.6 Å². The molecule has 4 nitrogen and oxygen atoms in total. The molecule has 0 spiro atoms. The minimum Gasteiger partial charge on any atom is -0.504 e. The number of amides is 1. The minimum absolute atomic E-state index is 0.00805. The molecule has 27 heavy (non-hydrogen) atoms. The zero-order valence-corrected chi connectivity index (χ0v) is 14.9. The molecule has 0 radical (unpaired) electrons. The number of phenols is 1. The van der Waals surface area contributed by atoms with Gasteiger partial charge in [0.15, 0.2) is 17.3 Å². The zero-order valence-electron chi connectivity index (χ0n) is 14.0. The van der Waals surface area contributed by atoms with Crippen molar-refractivity contribution in [3.05, 3.63) is 70.6 Å². The number of anilines is 1. The molecule has 1 atom stereocenters. The molecule has 1 amide bonds. The fourth-order valence-corrected chi connectivity index (χ4v) is 4.20. The summed E-state index contributed by atoms with van der Waals surface area (Å²) in [5, 5.41) is 14.6. The van der Waals surface area contributed by atoms with Gasteiger partial charge in [-0.15, -0.1) is 11.3 Å². The normalized spacial score (nSPS) is 18.9. The highest BCUT2D eigenvalue weighted by Crippen LogP contribution is 2.46. The van der Waals surface area contributed by atoms with Gasteiger partial charge in [0.2, 0.25) is 11.7 Å². The summed E-state index contributed by atoms with van der Waals surface area (Å²) in [5.74, 6) is -4.37. The first-order valence-corrected chi connectivity index (χ1v) is 8.94. The highest BCUT2D eigenvalue weighted by molar-refractivity contribution is 7.15. The first-order chi connectivity index (χ1) is 12.9. The Morgan fingerprint density at radius 1 is 1.04 bits per heavy atom. The number of aromatic hydroxyl groups is 1. The molecule has 1 aliphatic rings. The smallest absolute Gasteiger partial charge is 0.243 e. The molecule has 0 aliphatic carbocycles. The minimum atomic E-state index is -1.47. The standard InChI is InChI=1S/C20H13F2NO3S/c1-20(10-5-3-2-4-6-10)17(25)14-12(9-27-18(14)23-19(20)26)11-7-8-13(21)15(22)16(11)24/h2-9,24H,1H3,(H,23,26). The Bertz CT molecular complexity index is 1090. The van der Waals surface area contributed by atoms with Crippen LogP contribution in [-0.4, -0.2) is 16.8 Å². The Labute approximate surface area is 157 Å². The van der Waals surface area contributed by atoms with Crippen molar-refractivity contribution in [2.24, 2.45) is 0 Å². The lowest BCUT2D eigenvalue weighted by atomic mass is 9.73. The third-order valence-corrected chi connectivity index (χ3v) is 5.76. The monoisotopic (exact) mass is 385 g/mol. The fourth-order valence-electron chi connectivity index (χ4n) is 3.25. The first kappa shape index (κ1) is 17.4. The maximum atomic E-state index is 13.8. The lowest BCUT2D eigenvalue weighted by Gasteiger charge is -2.31. The average molecular weight is 385 g/mol. The molecular weight excluding hydrogens is 372 g/mol. The van der Waals surface area contributed by atoms with Crippen LogP contribution in [0.25, 0.3) is 11.1 Å². The number of nitrogens with one attached hydrogen (secondary N) is 1. The van der Waals surface area contributed by atoms with Gasteiger partial charge < -0.3 is 10.4 Å². The van der Waals surface area contributed by atoms with E-state index in [0.717, 1.165) is 17.4 Å². The van der Waals surface area contributed by atoms with E-state index in [0.29, 0.717) is 10.6 Å². The van der Waals surface area contributed by atoms with Crippen LogP contribution in [0.2, 0.25) is 0 Å². The number of carbonyl (C=O) groups excluding carboxylic acids is 2. The van der Waals surface area contributed by atoms with Crippen LogP contribution in [0.4, 0.5) is 13.8 Å². The molecule has 2 heterocycles. The Morgan fingerprint density at radius 2 is 1.74 bits per heavy atom. The molecule has 4 rings (SSSR count). The lowest BCUT2D eigenvalue weighted by Crippen LogP contribution is -2.48. The summed E-state index contributed by atoms with van der Waals surface area (Å²) in [7, 11) is 0. The Balaban J connectivity index is 1.92. The second kappa shape index (κ2) is 5.99. The van der Waals surface area contributed by atoms with Crippen molar-refractivity contribution in [1.29, 1.82) is 0 Å². The van der Waals surface area contributed by atoms with Crippen molar-refractivity contribution in [1.82, 2.24) is 0 Å². The summed E-state index contributed by atoms with van der Waals surface area (Å²) in [6, 6.07) is 10.7. The molecule has 1 unspecified atom stereocenters. The van der Waals surface area contributed by atoms with Gasteiger partial charge in [-0.1, -0.05) is 30.3 Å². The van der Waals surface area contributed by atoms with E-state index < -0.39 is 34.5 Å². The van der Waals surface area contributed by atoms with Crippen molar-refractivity contribution in [2.45, 2.75) is 12.3 Å². The summed E-state index contributed by atoms with van der Waals surface area (Å²) < 4.78 is 27.2. The van der Waals surface area contributed by atoms with Crippen molar-refractivity contribution in [3.63, 3.8) is 0 Å². The molecular formula is C20H13F2NO3S. The van der Waals surface area contributed by atoms with E-state index in [1.807, 2.05) is 0 Å². The molecule has 2 N–H and O–H groups in total. The van der Waals surface area contributed by atoms with Crippen molar-refractivity contribution in [2.75, 3.05) is 5.32 Å². The topological polar surface area (TPSA) is 66.4 Å². The summed E-state index contributed by atoms with van der Waals surface area (Å²) in [6.07, 6.45) is 0. The number of thiophene rings is 1. The number of rotatable bonds is 2. The SMILES string of the molecule is CC1(c2ccccc2)C(=O)Nc2scc(-c3ccc(F)c(F)c3O)c2C1=O. The molecule has 3 aromatic rings. The van der Waals surface area contributed by atoms with Crippen LogP contribution in [0.3, 0.4) is 0 Å². The summed E-state index contributed by atoms with van der Waals surface area (Å²) >= 11 is 1.09. The molecule has 7 heteroatoms. The summed E-state index contributed by atoms with van der Waals surface area (Å²) in [6.45, 7) is 1.52. The Hall–Kier alpha value is -3.06. The third kappa shape index (κ3) is 2.39. The lowest BCUT2D eigenvalue weighted by molar-refractivity contribution is -0.119. The van der Waals surface area contributed by atoms with Gasteiger partial charge in [0.25, 0.3) is 0 Å². The molecule has 0 saturated carbocycles. The Kier molecular flexibility index (Phi) is 3.85. The molecule has 0 bridgehead atoms. The van der Waals surface area contributed by atoms with Crippen LogP contribution in [0, 0.1) is 11.6 Å². The van der Waals surface area contributed by atoms with E-state index in [-0.39, 0.29) is 16.7 Å². The van der Waals surface area contributed by atoms with Gasteiger partial charge >= 0.3 is 0 Å². The second-order valence-electron chi connectivity index (χ2n) is 6.39. The number of hydrogen-bond acceptors (Lipinski definition) is 4. The number of carbonyl (C=O) groups is 2. The van der Waals surface area contributed by atoms with Gasteiger partial charge in [0, 0.05) is 16.5 Å². The molecule has 0 fully saturated rings. The quantitative estimate of drug-likeness (QED) is 0.639. The van der Waals surface area contributed by atoms with Crippen LogP contribution in [0.15, 0.2) is 47.8 Å². The van der Waals surface area contributed by atoms with Gasteiger partial charge in [0.05, 0.1) is 5.56 Å². The van der Waals surface area contributed by atoms with Crippen LogP contribution in [0.5, 0.6) is 5.75 Å². The number of halogens is 2. The van der Waals surface area contributed by atoms with Gasteiger partial charge in [-0.25, -0.2) is 4.39 Å². The molecule has 1 aromatic heterocycles. The number of fused-ring (bicyclic) bond motifs is 1. The van der Waals surface area contributed by atoms with Crippen LogP contribution >= 0.6 is 11.3 Å². The maximum absolute atomic E-state index is 13.8. The van der Waals surface area contributed by atoms with Gasteiger partial charge in [0.1, 0.15) is 10.4 Å². The number of phenolic OH excluding ortho intramolecular Hbond substituents is 1. The predicted molar refractivity (Wildman–Crippen MR) is 98.1 cm³/mol. The van der Waals surface area contributed by atoms with E-state index in [9.17, 15) is 23.5 Å². The van der Waals surface area contributed by atoms with E-state index in [2.05, 4.69) is 5.32 Å². The van der Waals surface area contributed by atoms with E-state index >= 15 is 0 Å². The molecule has 1 aliphatic heterocycles. The van der Waals surface area contributed by atoms with E-state index in [1.165, 1.54) is 18.4 Å². The van der Waals surface area contributed by atoms with E-state index in [1.54, 1.807) is 30.3 Å². The molecule has 0 saturated heterocycles. The zero-order chi connectivity index (χ0) is 19.3. The second-order valence-corrected chi connectivity index (χ2v) is 7.26. The molecule has 2 aromatic carbocycles. The number of benzene rings is 2. The highest BCUT2D eigenvalue weighted by Gasteiger charge is 2.49. The van der Waals surface area contributed by atoms with Crippen LogP contribution in [-0.2, 0) is 10.2 Å². The number of hydrogen-bond donors (Lipinski definition) is 2. The number of ketones is 1. The fraction of sp³-hybridized carbons (Fsp3) is 0.100. The van der Waals surface area contributed by atoms with Gasteiger partial charge in [-0.3, -0.25) is 9.59 Å². The maximum Gasteiger partial charge on any atom is 0.243 e. The van der Waals surface area contributed by atoms with Gasteiger partial charge in [-0.2, -0.15) is 4.39 Å². The number of Topliss-reactive ketones (excluding diaryl/α,β-unsaturated/α-hetero) is 1. The largest absolute Gasteiger partial charge is 0.504 e. The van der Waals surface area contributed by atoms with Crippen molar-refractivity contribution < 1.29 is 23.5 Å². The van der Waals surface area contributed by atoms with Crippen molar-refractivity contribution >= 4 is 28.0 Å². The predicted octanol–water partition coefficient (Wildman–Crippen LogP) is 4.49. The summed E-state index contributed by atoms with van der Waals surface area (Å²) in [4.78, 5) is 26.1. The van der Waals surface area contributed by atoms with Crippen molar-refractivity contribution in [3.8, 4) is 16.9 Å². The van der Waals surface area contributed by atoms with Crippen LogP contribution in [0.1, 0.15) is 22.8 Å². The van der Waals surface area contributed by atoms with Crippen LogP contribution < -0.4 is 5.32 Å². The highest BCUT2D eigenvalue weighted by atomic mass is 32.1. The molecule has 136 valence electrons. The van der Waals surface area contributed by atoms with E-state index in [4.69, 9.17) is 0 Å².